The molecular formula is C9H19N3O. The largest absolute Gasteiger partial charge is 0.370 e. The van der Waals surface area contributed by atoms with Gasteiger partial charge in [0.15, 0.2) is 0 Å². The van der Waals surface area contributed by atoms with Crippen molar-refractivity contribution in [3.05, 3.63) is 0 Å². The van der Waals surface area contributed by atoms with E-state index in [1.54, 1.807) is 0 Å². The molecule has 4 N–H and O–H groups in total. The molecule has 0 aliphatic carbocycles. The normalized spacial score (nSPS) is 24.5. The van der Waals surface area contributed by atoms with E-state index in [9.17, 15) is 4.79 Å². The Kier molecular flexibility index (Phi) is 4.18. The Balaban J connectivity index is 2.15. The number of piperidine rings is 1. The molecule has 0 bridgehead atoms. The number of hydrogen-bond acceptors (Lipinski definition) is 3. The van der Waals surface area contributed by atoms with E-state index < -0.39 is 0 Å². The quantitative estimate of drug-likeness (QED) is 0.648. The Labute approximate surface area is 79.3 Å². The highest BCUT2D eigenvalue weighted by Gasteiger charge is 2.17. The second-order valence-corrected chi connectivity index (χ2v) is 3.67. The van der Waals surface area contributed by atoms with Crippen LogP contribution >= 0.6 is 0 Å². The van der Waals surface area contributed by atoms with Crippen LogP contribution in [0.2, 0.25) is 0 Å². The summed E-state index contributed by atoms with van der Waals surface area (Å²) < 4.78 is 0. The van der Waals surface area contributed by atoms with Gasteiger partial charge >= 0.3 is 0 Å². The topological polar surface area (TPSA) is 72.4 Å². The van der Waals surface area contributed by atoms with E-state index in [2.05, 4.69) is 4.90 Å². The van der Waals surface area contributed by atoms with Crippen LogP contribution in [0.15, 0.2) is 0 Å². The summed E-state index contributed by atoms with van der Waals surface area (Å²) >= 11 is 0. The number of nitrogens with two attached hydrogens (primary N) is 2. The number of primary amides is 1. The molecule has 0 aromatic carbocycles. The Morgan fingerprint density at radius 2 is 2.23 bits per heavy atom. The van der Waals surface area contributed by atoms with Gasteiger partial charge in [-0.1, -0.05) is 0 Å². The molecule has 1 fully saturated rings. The third-order valence-electron chi connectivity index (χ3n) is 2.53. The molecule has 76 valence electrons. The lowest BCUT2D eigenvalue weighted by Crippen LogP contribution is -2.45. The molecule has 0 saturated carbocycles. The number of carbonyl (C=O) groups excluding carboxylic acids is 1. The third kappa shape index (κ3) is 3.74. The zero-order valence-corrected chi connectivity index (χ0v) is 8.04. The van der Waals surface area contributed by atoms with Gasteiger partial charge in [0, 0.05) is 13.0 Å². The monoisotopic (exact) mass is 185 g/mol. The lowest BCUT2D eigenvalue weighted by atomic mass is 10.1. The summed E-state index contributed by atoms with van der Waals surface area (Å²) in [5.74, 6) is -0.217. The number of rotatable bonds is 4. The van der Waals surface area contributed by atoms with E-state index in [0.717, 1.165) is 25.9 Å². The van der Waals surface area contributed by atoms with Gasteiger partial charge in [0.1, 0.15) is 0 Å². The highest BCUT2D eigenvalue weighted by atomic mass is 16.1. The average Bonchev–Trinajstić information content (AvgIpc) is 2.08. The number of hydrogen-bond donors (Lipinski definition) is 2. The molecule has 1 unspecified atom stereocenters. The fraction of sp³-hybridized carbons (Fsp3) is 0.889. The van der Waals surface area contributed by atoms with E-state index in [1.807, 2.05) is 0 Å². The van der Waals surface area contributed by atoms with Crippen molar-refractivity contribution in [3.8, 4) is 0 Å². The van der Waals surface area contributed by atoms with Crippen LogP contribution in [0.5, 0.6) is 0 Å². The summed E-state index contributed by atoms with van der Waals surface area (Å²) in [5.41, 5.74) is 11.0. The molecule has 1 rings (SSSR count). The first-order valence-electron chi connectivity index (χ1n) is 4.98. The van der Waals surface area contributed by atoms with Crippen molar-refractivity contribution in [1.82, 2.24) is 4.90 Å². The van der Waals surface area contributed by atoms with Gasteiger partial charge in [-0.3, -0.25) is 9.69 Å². The molecule has 0 aromatic heterocycles. The van der Waals surface area contributed by atoms with Gasteiger partial charge in [0.2, 0.25) is 5.91 Å². The summed E-state index contributed by atoms with van der Waals surface area (Å²) in [6, 6.07) is 0. The predicted octanol–water partition coefficient (Wildman–Crippen LogP) is 0.0226. The van der Waals surface area contributed by atoms with Crippen LogP contribution < -0.4 is 11.5 Å². The van der Waals surface area contributed by atoms with Gasteiger partial charge in [-0.05, 0) is 32.2 Å². The van der Waals surface area contributed by atoms with Crippen molar-refractivity contribution < 1.29 is 4.79 Å². The molecule has 0 spiro atoms. The fourth-order valence-electron chi connectivity index (χ4n) is 1.75. The number of nitrogens with zero attached hydrogens (tertiary/aromatic N) is 1. The Morgan fingerprint density at radius 3 is 2.85 bits per heavy atom. The van der Waals surface area contributed by atoms with Crippen molar-refractivity contribution in [1.29, 1.82) is 0 Å². The molecule has 0 aromatic rings. The molecule has 1 amide bonds. The zero-order chi connectivity index (χ0) is 9.68. The summed E-state index contributed by atoms with van der Waals surface area (Å²) in [6.07, 6.45) is 5.04. The fourth-order valence-corrected chi connectivity index (χ4v) is 1.75. The van der Waals surface area contributed by atoms with Crippen molar-refractivity contribution in [2.24, 2.45) is 11.5 Å². The molecule has 1 aliphatic rings. The predicted molar refractivity (Wildman–Crippen MR) is 51.8 cm³/mol. The summed E-state index contributed by atoms with van der Waals surface area (Å²) in [7, 11) is 0. The number of carbonyl (C=O) groups is 1. The van der Waals surface area contributed by atoms with E-state index in [1.165, 1.54) is 12.8 Å². The maximum Gasteiger partial charge on any atom is 0.217 e. The summed E-state index contributed by atoms with van der Waals surface area (Å²) in [6.45, 7) is 1.98. The third-order valence-corrected chi connectivity index (χ3v) is 2.53. The number of amides is 1. The van der Waals surface area contributed by atoms with Gasteiger partial charge < -0.3 is 11.5 Å². The minimum atomic E-state index is -0.217. The first kappa shape index (κ1) is 10.5. The summed E-state index contributed by atoms with van der Waals surface area (Å²) in [4.78, 5) is 12.7. The van der Waals surface area contributed by atoms with Gasteiger partial charge in [-0.2, -0.15) is 0 Å². The van der Waals surface area contributed by atoms with Crippen LogP contribution in [0.1, 0.15) is 32.1 Å². The van der Waals surface area contributed by atoms with E-state index in [0.29, 0.717) is 6.42 Å². The van der Waals surface area contributed by atoms with Gasteiger partial charge in [0.05, 0.1) is 6.17 Å². The Hall–Kier alpha value is -0.610. The maximum atomic E-state index is 10.5. The second kappa shape index (κ2) is 5.19. The van der Waals surface area contributed by atoms with E-state index in [-0.39, 0.29) is 12.1 Å². The average molecular weight is 185 g/mol. The lowest BCUT2D eigenvalue weighted by Gasteiger charge is -2.32. The van der Waals surface area contributed by atoms with Crippen LogP contribution in [0.3, 0.4) is 0 Å². The Bertz CT molecular complexity index is 172. The van der Waals surface area contributed by atoms with Gasteiger partial charge in [-0.15, -0.1) is 0 Å². The van der Waals surface area contributed by atoms with Crippen LogP contribution in [0.25, 0.3) is 0 Å². The first-order chi connectivity index (χ1) is 6.20. The molecule has 4 nitrogen and oxygen atoms in total. The van der Waals surface area contributed by atoms with Crippen LogP contribution in [-0.4, -0.2) is 30.1 Å². The SMILES string of the molecule is NC(=O)CCCN1CCCCC1N. The molecule has 1 atom stereocenters. The first-order valence-corrected chi connectivity index (χ1v) is 4.98. The summed E-state index contributed by atoms with van der Waals surface area (Å²) in [5, 5.41) is 0. The number of likely N-dealkylation sites (tertiary alicyclic amines) is 1. The highest BCUT2D eigenvalue weighted by molar-refractivity contribution is 5.73. The minimum Gasteiger partial charge on any atom is -0.370 e. The lowest BCUT2D eigenvalue weighted by molar-refractivity contribution is -0.118. The molecule has 1 heterocycles. The van der Waals surface area contributed by atoms with E-state index >= 15 is 0 Å². The standard InChI is InChI=1S/C9H19N3O/c10-8-4-1-2-6-12(8)7-3-5-9(11)13/h8H,1-7,10H2,(H2,11,13). The molecule has 1 aliphatic heterocycles. The molecule has 0 radical (unpaired) electrons. The Morgan fingerprint density at radius 1 is 1.46 bits per heavy atom. The van der Waals surface area contributed by atoms with Crippen LogP contribution in [-0.2, 0) is 4.79 Å². The molecule has 1 saturated heterocycles. The zero-order valence-electron chi connectivity index (χ0n) is 8.04. The van der Waals surface area contributed by atoms with Crippen LogP contribution in [0.4, 0.5) is 0 Å². The highest BCUT2D eigenvalue weighted by Crippen LogP contribution is 2.13. The van der Waals surface area contributed by atoms with Crippen molar-refractivity contribution in [2.45, 2.75) is 38.3 Å². The maximum absolute atomic E-state index is 10.5. The molecule has 13 heavy (non-hydrogen) atoms. The van der Waals surface area contributed by atoms with Gasteiger partial charge in [-0.25, -0.2) is 0 Å². The van der Waals surface area contributed by atoms with Crippen LogP contribution in [0, 0.1) is 0 Å². The smallest absolute Gasteiger partial charge is 0.217 e. The van der Waals surface area contributed by atoms with Crippen molar-refractivity contribution in [3.63, 3.8) is 0 Å². The van der Waals surface area contributed by atoms with Gasteiger partial charge in [0.25, 0.3) is 0 Å². The minimum absolute atomic E-state index is 0.196. The second-order valence-electron chi connectivity index (χ2n) is 3.67. The molecule has 4 heteroatoms. The molecular weight excluding hydrogens is 166 g/mol. The van der Waals surface area contributed by atoms with E-state index in [4.69, 9.17) is 11.5 Å². The van der Waals surface area contributed by atoms with Crippen molar-refractivity contribution in [2.75, 3.05) is 13.1 Å². The van der Waals surface area contributed by atoms with Crippen molar-refractivity contribution >= 4 is 5.91 Å².